The zero-order valence-electron chi connectivity index (χ0n) is 14.3. The zero-order chi connectivity index (χ0) is 17.3. The molecule has 1 aliphatic rings. The number of hydrogen-bond acceptors (Lipinski definition) is 3. The van der Waals surface area contributed by atoms with Crippen molar-refractivity contribution in [3.05, 3.63) is 48.5 Å². The summed E-state index contributed by atoms with van der Waals surface area (Å²) in [5.74, 6) is 0.547. The molecule has 3 aromatic rings. The normalized spacial score (nSPS) is 16.9. The topological polar surface area (TPSA) is 49.9 Å². The molecule has 5 heteroatoms. The van der Waals surface area contributed by atoms with Gasteiger partial charge in [-0.15, -0.1) is 0 Å². The third kappa shape index (κ3) is 3.24. The number of nitrogens with zero attached hydrogens (tertiary/aromatic N) is 1. The fraction of sp³-hybridized carbons (Fsp3) is 0.350. The van der Waals surface area contributed by atoms with Crippen LogP contribution in [0.3, 0.4) is 0 Å². The van der Waals surface area contributed by atoms with Gasteiger partial charge in [0.05, 0.1) is 12.0 Å². The Labute approximate surface area is 146 Å². The second-order valence-electron chi connectivity index (χ2n) is 7.09. The van der Waals surface area contributed by atoms with Crippen LogP contribution in [0.4, 0.5) is 4.39 Å². The number of ether oxygens (including phenoxy) is 1. The van der Waals surface area contributed by atoms with E-state index in [2.05, 4.69) is 22.2 Å². The van der Waals surface area contributed by atoms with Crippen molar-refractivity contribution < 1.29 is 9.13 Å². The number of nitrogens with one attached hydrogen (secondary N) is 2. The van der Waals surface area contributed by atoms with Crippen molar-refractivity contribution in [3.8, 4) is 16.9 Å². The molecule has 1 aromatic carbocycles. The van der Waals surface area contributed by atoms with Crippen molar-refractivity contribution in [1.82, 2.24) is 15.3 Å². The van der Waals surface area contributed by atoms with Crippen LogP contribution in [0.15, 0.2) is 42.7 Å². The predicted octanol–water partition coefficient (Wildman–Crippen LogP) is 4.14. The van der Waals surface area contributed by atoms with E-state index in [1.54, 1.807) is 12.3 Å². The molecule has 0 unspecified atom stereocenters. The van der Waals surface area contributed by atoms with E-state index in [1.165, 1.54) is 12.1 Å². The average molecular weight is 339 g/mol. The first-order valence-corrected chi connectivity index (χ1v) is 8.70. The molecule has 2 aromatic heterocycles. The SMILES string of the molecule is CC1(COc2ccnc3[nH]cc(-c4cccc(F)c4)c23)CCNCC1. The van der Waals surface area contributed by atoms with Gasteiger partial charge in [-0.3, -0.25) is 0 Å². The van der Waals surface area contributed by atoms with Gasteiger partial charge in [0, 0.05) is 23.4 Å². The lowest BCUT2D eigenvalue weighted by atomic mass is 9.82. The van der Waals surface area contributed by atoms with Crippen LogP contribution in [0.1, 0.15) is 19.8 Å². The van der Waals surface area contributed by atoms with E-state index in [4.69, 9.17) is 4.74 Å². The zero-order valence-corrected chi connectivity index (χ0v) is 14.3. The Bertz CT molecular complexity index is 884. The molecule has 0 saturated carbocycles. The molecule has 25 heavy (non-hydrogen) atoms. The maximum atomic E-state index is 13.6. The summed E-state index contributed by atoms with van der Waals surface area (Å²) < 4.78 is 19.9. The highest BCUT2D eigenvalue weighted by molar-refractivity contribution is 5.98. The third-order valence-corrected chi connectivity index (χ3v) is 5.06. The molecule has 0 aliphatic carbocycles. The van der Waals surface area contributed by atoms with Crippen molar-refractivity contribution in [2.45, 2.75) is 19.8 Å². The Kier molecular flexibility index (Phi) is 4.17. The maximum absolute atomic E-state index is 13.6. The second-order valence-corrected chi connectivity index (χ2v) is 7.09. The van der Waals surface area contributed by atoms with Gasteiger partial charge in [-0.2, -0.15) is 0 Å². The van der Waals surface area contributed by atoms with Gasteiger partial charge in [0.2, 0.25) is 0 Å². The predicted molar refractivity (Wildman–Crippen MR) is 97.2 cm³/mol. The number of pyridine rings is 1. The summed E-state index contributed by atoms with van der Waals surface area (Å²) in [6.07, 6.45) is 5.82. The lowest BCUT2D eigenvalue weighted by Gasteiger charge is -2.33. The quantitative estimate of drug-likeness (QED) is 0.751. The molecule has 0 radical (unpaired) electrons. The van der Waals surface area contributed by atoms with Crippen LogP contribution in [0.5, 0.6) is 5.75 Å². The van der Waals surface area contributed by atoms with Crippen LogP contribution in [0.25, 0.3) is 22.2 Å². The highest BCUT2D eigenvalue weighted by Gasteiger charge is 2.28. The molecule has 0 bridgehead atoms. The van der Waals surface area contributed by atoms with Gasteiger partial charge >= 0.3 is 0 Å². The van der Waals surface area contributed by atoms with Crippen molar-refractivity contribution in [2.75, 3.05) is 19.7 Å². The molecule has 2 N–H and O–H groups in total. The number of fused-ring (bicyclic) bond motifs is 1. The molecule has 1 fully saturated rings. The molecule has 1 saturated heterocycles. The maximum Gasteiger partial charge on any atom is 0.141 e. The van der Waals surface area contributed by atoms with Gasteiger partial charge in [-0.1, -0.05) is 19.1 Å². The number of aromatic nitrogens is 2. The van der Waals surface area contributed by atoms with Crippen molar-refractivity contribution in [3.63, 3.8) is 0 Å². The van der Waals surface area contributed by atoms with E-state index >= 15 is 0 Å². The summed E-state index contributed by atoms with van der Waals surface area (Å²) in [7, 11) is 0. The molecule has 4 nitrogen and oxygen atoms in total. The molecule has 1 aliphatic heterocycles. The minimum absolute atomic E-state index is 0.177. The first-order valence-electron chi connectivity index (χ1n) is 8.70. The standard InChI is InChI=1S/C20H22FN3O/c1-20(6-9-22-10-7-20)13-25-17-5-8-23-19-18(17)16(12-24-19)14-3-2-4-15(21)11-14/h2-5,8,11-12,22H,6-7,9-10,13H2,1H3,(H,23,24). The van der Waals surface area contributed by atoms with Crippen molar-refractivity contribution >= 4 is 11.0 Å². The van der Waals surface area contributed by atoms with E-state index in [0.717, 1.165) is 53.8 Å². The number of rotatable bonds is 4. The van der Waals surface area contributed by atoms with E-state index in [9.17, 15) is 4.39 Å². The summed E-state index contributed by atoms with van der Waals surface area (Å²) in [6.45, 7) is 5.01. The van der Waals surface area contributed by atoms with Gasteiger partial charge in [-0.25, -0.2) is 9.37 Å². The Hall–Kier alpha value is -2.40. The summed E-state index contributed by atoms with van der Waals surface area (Å²) in [6, 6.07) is 8.50. The van der Waals surface area contributed by atoms with Crippen LogP contribution in [0, 0.1) is 11.2 Å². The number of H-pyrrole nitrogens is 1. The summed E-state index contributed by atoms with van der Waals surface area (Å²) in [5.41, 5.74) is 2.66. The molecule has 3 heterocycles. The molecule has 0 spiro atoms. The fourth-order valence-corrected chi connectivity index (χ4v) is 3.46. The lowest BCUT2D eigenvalue weighted by Crippen LogP contribution is -2.38. The Morgan fingerprint density at radius 3 is 2.88 bits per heavy atom. The Morgan fingerprint density at radius 1 is 1.24 bits per heavy atom. The second kappa shape index (κ2) is 6.48. The molecular formula is C20H22FN3O. The van der Waals surface area contributed by atoms with E-state index in [1.807, 2.05) is 18.3 Å². The first kappa shape index (κ1) is 16.1. The van der Waals surface area contributed by atoms with E-state index in [0.29, 0.717) is 6.61 Å². The summed E-state index contributed by atoms with van der Waals surface area (Å²) in [5, 5.41) is 4.30. The van der Waals surface area contributed by atoms with Gasteiger partial charge in [-0.05, 0) is 49.7 Å². The van der Waals surface area contributed by atoms with Gasteiger partial charge in [0.1, 0.15) is 17.2 Å². The van der Waals surface area contributed by atoms with E-state index < -0.39 is 0 Å². The molecule has 4 rings (SSSR count). The molecular weight excluding hydrogens is 317 g/mol. The lowest BCUT2D eigenvalue weighted by molar-refractivity contribution is 0.124. The van der Waals surface area contributed by atoms with E-state index in [-0.39, 0.29) is 11.2 Å². The minimum atomic E-state index is -0.250. The Morgan fingerprint density at radius 2 is 2.08 bits per heavy atom. The molecule has 0 amide bonds. The smallest absolute Gasteiger partial charge is 0.141 e. The summed E-state index contributed by atoms with van der Waals surface area (Å²) in [4.78, 5) is 7.55. The highest BCUT2D eigenvalue weighted by atomic mass is 19.1. The number of piperidine rings is 1. The monoisotopic (exact) mass is 339 g/mol. The van der Waals surface area contributed by atoms with Crippen LogP contribution in [0.2, 0.25) is 0 Å². The van der Waals surface area contributed by atoms with Gasteiger partial charge < -0.3 is 15.0 Å². The number of halogens is 1. The van der Waals surface area contributed by atoms with Crippen LogP contribution in [-0.2, 0) is 0 Å². The highest BCUT2D eigenvalue weighted by Crippen LogP contribution is 2.36. The average Bonchev–Trinajstić information content (AvgIpc) is 3.05. The van der Waals surface area contributed by atoms with Crippen LogP contribution >= 0.6 is 0 Å². The van der Waals surface area contributed by atoms with Crippen LogP contribution < -0.4 is 10.1 Å². The van der Waals surface area contributed by atoms with Crippen molar-refractivity contribution in [2.24, 2.45) is 5.41 Å². The summed E-state index contributed by atoms with van der Waals surface area (Å²) >= 11 is 0. The first-order chi connectivity index (χ1) is 12.1. The molecule has 0 atom stereocenters. The third-order valence-electron chi connectivity index (χ3n) is 5.06. The fourth-order valence-electron chi connectivity index (χ4n) is 3.46. The minimum Gasteiger partial charge on any atom is -0.492 e. The molecule has 130 valence electrons. The van der Waals surface area contributed by atoms with Crippen molar-refractivity contribution in [1.29, 1.82) is 0 Å². The number of aromatic amines is 1. The Balaban J connectivity index is 1.68. The number of hydrogen-bond donors (Lipinski definition) is 2. The number of benzene rings is 1. The van der Waals surface area contributed by atoms with Crippen LogP contribution in [-0.4, -0.2) is 29.7 Å². The van der Waals surface area contributed by atoms with Gasteiger partial charge in [0.25, 0.3) is 0 Å². The van der Waals surface area contributed by atoms with Gasteiger partial charge in [0.15, 0.2) is 0 Å². The largest absolute Gasteiger partial charge is 0.492 e.